The monoisotopic (exact) mass is 268 g/mol. The molecule has 4 nitrogen and oxygen atoms in total. The molecule has 0 radical (unpaired) electrons. The van der Waals surface area contributed by atoms with Gasteiger partial charge in [0.2, 0.25) is 0 Å². The van der Waals surface area contributed by atoms with E-state index >= 15 is 0 Å². The zero-order chi connectivity index (χ0) is 14.1. The normalized spacial score (nSPS) is 13.9. The first-order valence-corrected chi connectivity index (χ1v) is 6.76. The van der Waals surface area contributed by atoms with Crippen LogP contribution in [0.2, 0.25) is 0 Å². The van der Waals surface area contributed by atoms with Crippen LogP contribution in [0.1, 0.15) is 27.9 Å². The minimum absolute atomic E-state index is 0.198. The molecule has 1 aliphatic heterocycles. The number of carbonyl (C=O) groups is 1. The van der Waals surface area contributed by atoms with Crippen LogP contribution in [0.15, 0.2) is 41.5 Å². The van der Waals surface area contributed by atoms with Crippen molar-refractivity contribution in [2.45, 2.75) is 19.8 Å². The number of rotatable bonds is 1. The predicted octanol–water partition coefficient (Wildman–Crippen LogP) is 2.28. The Labute approximate surface area is 117 Å². The van der Waals surface area contributed by atoms with Crippen LogP contribution >= 0.6 is 0 Å². The fourth-order valence-electron chi connectivity index (χ4n) is 2.78. The summed E-state index contributed by atoms with van der Waals surface area (Å²) in [5.41, 5.74) is 3.17. The molecule has 0 spiro atoms. The third-order valence-electron chi connectivity index (χ3n) is 3.72. The van der Waals surface area contributed by atoms with E-state index in [9.17, 15) is 9.59 Å². The van der Waals surface area contributed by atoms with E-state index in [1.165, 1.54) is 24.0 Å². The minimum atomic E-state index is -0.241. The van der Waals surface area contributed by atoms with E-state index in [4.69, 9.17) is 0 Å². The van der Waals surface area contributed by atoms with E-state index in [1.54, 1.807) is 4.90 Å². The van der Waals surface area contributed by atoms with Crippen molar-refractivity contribution in [2.24, 2.45) is 0 Å². The standard InChI is InChI=1S/C16H16N2O2/c1-11-4-2-5-12-6-3-9-18(15(11)12)16(20)13-10-17-8-7-14(13)19/h2,4-5,7-8,10H,3,6,9H2,1H3,(H,17,19). The number of aromatic amines is 1. The van der Waals surface area contributed by atoms with Crippen molar-refractivity contribution in [1.82, 2.24) is 4.98 Å². The maximum absolute atomic E-state index is 12.6. The second-order valence-corrected chi connectivity index (χ2v) is 5.07. The van der Waals surface area contributed by atoms with Crippen molar-refractivity contribution >= 4 is 11.6 Å². The van der Waals surface area contributed by atoms with Gasteiger partial charge in [0.25, 0.3) is 5.91 Å². The van der Waals surface area contributed by atoms with Crippen molar-refractivity contribution < 1.29 is 4.79 Å². The Hall–Kier alpha value is -2.36. The van der Waals surface area contributed by atoms with Gasteiger partial charge >= 0.3 is 0 Å². The van der Waals surface area contributed by atoms with Crippen molar-refractivity contribution in [1.29, 1.82) is 0 Å². The molecule has 20 heavy (non-hydrogen) atoms. The van der Waals surface area contributed by atoms with Gasteiger partial charge in [-0.15, -0.1) is 0 Å². The van der Waals surface area contributed by atoms with Crippen LogP contribution in [0.5, 0.6) is 0 Å². The number of para-hydroxylation sites is 1. The third kappa shape index (κ3) is 2.03. The highest BCUT2D eigenvalue weighted by molar-refractivity contribution is 6.06. The van der Waals surface area contributed by atoms with Gasteiger partial charge in [-0.05, 0) is 30.9 Å². The fourth-order valence-corrected chi connectivity index (χ4v) is 2.78. The topological polar surface area (TPSA) is 53.2 Å². The highest BCUT2D eigenvalue weighted by Gasteiger charge is 2.26. The Bertz CT molecular complexity index is 718. The number of aryl methyl sites for hydroxylation is 2. The number of benzene rings is 1. The first-order valence-electron chi connectivity index (χ1n) is 6.76. The number of hydrogen-bond acceptors (Lipinski definition) is 2. The average Bonchev–Trinajstić information content (AvgIpc) is 2.47. The van der Waals surface area contributed by atoms with E-state index < -0.39 is 0 Å². The molecule has 0 saturated heterocycles. The number of anilines is 1. The Kier molecular flexibility index (Phi) is 3.14. The highest BCUT2D eigenvalue weighted by Crippen LogP contribution is 2.31. The summed E-state index contributed by atoms with van der Waals surface area (Å²) in [5, 5.41) is 0. The summed E-state index contributed by atoms with van der Waals surface area (Å²) in [4.78, 5) is 29.0. The quantitative estimate of drug-likeness (QED) is 0.862. The lowest BCUT2D eigenvalue weighted by atomic mass is 9.97. The number of pyridine rings is 1. The van der Waals surface area contributed by atoms with Crippen molar-refractivity contribution in [3.8, 4) is 0 Å². The zero-order valence-electron chi connectivity index (χ0n) is 11.3. The van der Waals surface area contributed by atoms with Crippen LogP contribution in [-0.4, -0.2) is 17.4 Å². The number of nitrogens with zero attached hydrogens (tertiary/aromatic N) is 1. The van der Waals surface area contributed by atoms with E-state index in [2.05, 4.69) is 11.1 Å². The summed E-state index contributed by atoms with van der Waals surface area (Å²) in [5.74, 6) is -0.220. The van der Waals surface area contributed by atoms with Crippen LogP contribution in [0.4, 0.5) is 5.69 Å². The summed E-state index contributed by atoms with van der Waals surface area (Å²) in [6, 6.07) is 7.45. The van der Waals surface area contributed by atoms with Gasteiger partial charge in [0, 0.05) is 25.0 Å². The largest absolute Gasteiger partial charge is 0.367 e. The van der Waals surface area contributed by atoms with E-state index in [-0.39, 0.29) is 16.9 Å². The smallest absolute Gasteiger partial charge is 0.263 e. The van der Waals surface area contributed by atoms with E-state index in [0.29, 0.717) is 6.54 Å². The second-order valence-electron chi connectivity index (χ2n) is 5.07. The van der Waals surface area contributed by atoms with E-state index in [1.807, 2.05) is 19.1 Å². The van der Waals surface area contributed by atoms with Crippen LogP contribution in [-0.2, 0) is 6.42 Å². The van der Waals surface area contributed by atoms with Crippen molar-refractivity contribution in [2.75, 3.05) is 11.4 Å². The first-order chi connectivity index (χ1) is 9.68. The SMILES string of the molecule is Cc1cccc2c1N(C(=O)c1c[nH]ccc1=O)CCC2. The molecule has 2 aromatic rings. The molecule has 4 heteroatoms. The number of fused-ring (bicyclic) bond motifs is 1. The van der Waals surface area contributed by atoms with Gasteiger partial charge in [0.15, 0.2) is 5.43 Å². The van der Waals surface area contributed by atoms with Gasteiger partial charge in [0.1, 0.15) is 5.56 Å². The van der Waals surface area contributed by atoms with Gasteiger partial charge in [-0.2, -0.15) is 0 Å². The summed E-state index contributed by atoms with van der Waals surface area (Å²) in [7, 11) is 0. The number of hydrogen-bond donors (Lipinski definition) is 1. The molecule has 0 aliphatic carbocycles. The summed E-state index contributed by atoms with van der Waals surface area (Å²) in [6.45, 7) is 2.66. The molecule has 0 fully saturated rings. The second kappa shape index (κ2) is 4.96. The number of nitrogens with one attached hydrogen (secondary N) is 1. The van der Waals surface area contributed by atoms with Gasteiger partial charge in [-0.3, -0.25) is 9.59 Å². The van der Waals surface area contributed by atoms with Gasteiger partial charge in [0.05, 0.1) is 5.69 Å². The van der Waals surface area contributed by atoms with Crippen molar-refractivity contribution in [3.63, 3.8) is 0 Å². The lowest BCUT2D eigenvalue weighted by molar-refractivity contribution is 0.0983. The summed E-state index contributed by atoms with van der Waals surface area (Å²) < 4.78 is 0. The molecule has 0 atom stereocenters. The molecule has 0 saturated carbocycles. The lowest BCUT2D eigenvalue weighted by Gasteiger charge is -2.30. The first kappa shape index (κ1) is 12.7. The molecular formula is C16H16N2O2. The third-order valence-corrected chi connectivity index (χ3v) is 3.72. The minimum Gasteiger partial charge on any atom is -0.367 e. The molecule has 102 valence electrons. The Morgan fingerprint density at radius 3 is 2.95 bits per heavy atom. The molecule has 1 aromatic carbocycles. The molecule has 1 aliphatic rings. The molecular weight excluding hydrogens is 252 g/mol. The Balaban J connectivity index is 2.08. The van der Waals surface area contributed by atoms with Crippen molar-refractivity contribution in [3.05, 3.63) is 63.6 Å². The molecule has 1 aromatic heterocycles. The average molecular weight is 268 g/mol. The van der Waals surface area contributed by atoms with Crippen LogP contribution in [0, 0.1) is 6.92 Å². The number of carbonyl (C=O) groups excluding carboxylic acids is 1. The Morgan fingerprint density at radius 1 is 1.30 bits per heavy atom. The predicted molar refractivity (Wildman–Crippen MR) is 78.2 cm³/mol. The fraction of sp³-hybridized carbons (Fsp3) is 0.250. The maximum atomic E-state index is 12.6. The Morgan fingerprint density at radius 2 is 2.15 bits per heavy atom. The zero-order valence-corrected chi connectivity index (χ0v) is 11.3. The van der Waals surface area contributed by atoms with Crippen LogP contribution in [0.3, 0.4) is 0 Å². The van der Waals surface area contributed by atoms with Gasteiger partial charge < -0.3 is 9.88 Å². The number of amides is 1. The van der Waals surface area contributed by atoms with Gasteiger partial charge in [-0.1, -0.05) is 18.2 Å². The van der Waals surface area contributed by atoms with E-state index in [0.717, 1.165) is 24.1 Å². The molecule has 0 bridgehead atoms. The number of H-pyrrole nitrogens is 1. The lowest BCUT2D eigenvalue weighted by Crippen LogP contribution is -2.38. The van der Waals surface area contributed by atoms with Crippen LogP contribution in [0.25, 0.3) is 0 Å². The van der Waals surface area contributed by atoms with Crippen LogP contribution < -0.4 is 10.3 Å². The maximum Gasteiger partial charge on any atom is 0.263 e. The molecule has 0 unspecified atom stereocenters. The highest BCUT2D eigenvalue weighted by atomic mass is 16.2. The molecule has 2 heterocycles. The number of aromatic nitrogens is 1. The summed E-state index contributed by atoms with van der Waals surface area (Å²) in [6.07, 6.45) is 4.92. The van der Waals surface area contributed by atoms with Gasteiger partial charge in [-0.25, -0.2) is 0 Å². The molecule has 1 N–H and O–H groups in total. The molecule has 1 amide bonds. The summed E-state index contributed by atoms with van der Waals surface area (Å²) >= 11 is 0. The molecule has 3 rings (SSSR count).